The van der Waals surface area contributed by atoms with E-state index in [-0.39, 0.29) is 18.4 Å². The maximum absolute atomic E-state index is 12.4. The van der Waals surface area contributed by atoms with Gasteiger partial charge in [0.2, 0.25) is 5.91 Å². The molecule has 1 aromatic carbocycles. The van der Waals surface area contributed by atoms with Gasteiger partial charge in [0.25, 0.3) is 0 Å². The van der Waals surface area contributed by atoms with Crippen LogP contribution in [0.5, 0.6) is 0 Å². The number of halogens is 2. The third kappa shape index (κ3) is 3.65. The van der Waals surface area contributed by atoms with Crippen molar-refractivity contribution >= 4 is 29.1 Å². The second-order valence-electron chi connectivity index (χ2n) is 5.35. The molecule has 1 amide bonds. The normalized spacial score (nSPS) is 18.2. The lowest BCUT2D eigenvalue weighted by Gasteiger charge is -2.33. The Morgan fingerprint density at radius 1 is 1.35 bits per heavy atom. The van der Waals surface area contributed by atoms with Crippen molar-refractivity contribution in [1.29, 1.82) is 0 Å². The molecule has 0 aliphatic carbocycles. The maximum atomic E-state index is 12.4. The molecule has 0 radical (unpaired) electrons. The molecule has 23 heavy (non-hydrogen) atoms. The highest BCUT2D eigenvalue weighted by atomic mass is 35.5. The second-order valence-corrected chi connectivity index (χ2v) is 6.16. The standard InChI is InChI=1S/C15H15Cl2N3O3/c1-9-13(19-23-18-9)7-15(21)20-4-5-22-14(8-20)10-2-3-11(16)12(17)6-10/h2-3,6,14H,4-5,7-8H2,1H3/t14-/m0/s1. The molecule has 1 aliphatic heterocycles. The van der Waals surface area contributed by atoms with Crippen molar-refractivity contribution in [1.82, 2.24) is 15.2 Å². The number of carbonyl (C=O) groups excluding carboxylic acids is 1. The Hall–Kier alpha value is -1.63. The molecule has 1 fully saturated rings. The van der Waals surface area contributed by atoms with Crippen LogP contribution in [0.4, 0.5) is 0 Å². The minimum Gasteiger partial charge on any atom is -0.370 e. The first kappa shape index (κ1) is 16.2. The zero-order valence-corrected chi connectivity index (χ0v) is 14.0. The Kier molecular flexibility index (Phi) is 4.84. The SMILES string of the molecule is Cc1nonc1CC(=O)N1CCO[C@H](c2ccc(Cl)c(Cl)c2)C1. The van der Waals surface area contributed by atoms with Crippen LogP contribution < -0.4 is 0 Å². The smallest absolute Gasteiger partial charge is 0.228 e. The van der Waals surface area contributed by atoms with Crippen LogP contribution in [0.3, 0.4) is 0 Å². The summed E-state index contributed by atoms with van der Waals surface area (Å²) in [7, 11) is 0. The first-order valence-corrected chi connectivity index (χ1v) is 7.92. The van der Waals surface area contributed by atoms with E-state index < -0.39 is 0 Å². The van der Waals surface area contributed by atoms with E-state index in [1.165, 1.54) is 0 Å². The van der Waals surface area contributed by atoms with E-state index in [4.69, 9.17) is 27.9 Å². The van der Waals surface area contributed by atoms with Crippen molar-refractivity contribution in [2.75, 3.05) is 19.7 Å². The third-order valence-corrected chi connectivity index (χ3v) is 4.54. The Balaban J connectivity index is 1.69. The van der Waals surface area contributed by atoms with Gasteiger partial charge in [-0.2, -0.15) is 0 Å². The van der Waals surface area contributed by atoms with Crippen molar-refractivity contribution in [2.24, 2.45) is 0 Å². The summed E-state index contributed by atoms with van der Waals surface area (Å²) in [6, 6.07) is 5.36. The van der Waals surface area contributed by atoms with Gasteiger partial charge in [-0.05, 0) is 24.6 Å². The molecule has 0 N–H and O–H groups in total. The quantitative estimate of drug-likeness (QED) is 0.846. The number of nitrogens with zero attached hydrogens (tertiary/aromatic N) is 3. The van der Waals surface area contributed by atoms with Crippen molar-refractivity contribution in [3.05, 3.63) is 45.2 Å². The van der Waals surface area contributed by atoms with Crippen LogP contribution in [0.15, 0.2) is 22.8 Å². The van der Waals surface area contributed by atoms with Crippen LogP contribution in [-0.4, -0.2) is 40.8 Å². The summed E-state index contributed by atoms with van der Waals surface area (Å²) < 4.78 is 10.4. The van der Waals surface area contributed by atoms with E-state index in [1.807, 2.05) is 6.07 Å². The van der Waals surface area contributed by atoms with Crippen LogP contribution in [0.25, 0.3) is 0 Å². The van der Waals surface area contributed by atoms with E-state index in [0.29, 0.717) is 41.1 Å². The summed E-state index contributed by atoms with van der Waals surface area (Å²) in [5.41, 5.74) is 2.09. The fourth-order valence-corrected chi connectivity index (χ4v) is 2.76. The van der Waals surface area contributed by atoms with Gasteiger partial charge in [0.15, 0.2) is 0 Å². The molecule has 1 aliphatic rings. The summed E-state index contributed by atoms with van der Waals surface area (Å²) in [4.78, 5) is 14.2. The number of morpholine rings is 1. The molecule has 0 saturated carbocycles. The Morgan fingerprint density at radius 3 is 2.87 bits per heavy atom. The molecule has 1 aromatic heterocycles. The van der Waals surface area contributed by atoms with Crippen LogP contribution in [0, 0.1) is 6.92 Å². The van der Waals surface area contributed by atoms with Gasteiger partial charge >= 0.3 is 0 Å². The lowest BCUT2D eigenvalue weighted by Crippen LogP contribution is -2.43. The molecule has 1 saturated heterocycles. The highest BCUT2D eigenvalue weighted by Crippen LogP contribution is 2.29. The van der Waals surface area contributed by atoms with Crippen LogP contribution in [0.1, 0.15) is 23.1 Å². The molecule has 8 heteroatoms. The Labute approximate surface area is 143 Å². The van der Waals surface area contributed by atoms with Gasteiger partial charge in [-0.25, -0.2) is 4.63 Å². The number of carbonyl (C=O) groups is 1. The minimum atomic E-state index is -0.223. The van der Waals surface area contributed by atoms with Gasteiger partial charge in [-0.15, -0.1) is 0 Å². The van der Waals surface area contributed by atoms with Crippen LogP contribution in [-0.2, 0) is 16.0 Å². The Bertz CT molecular complexity index is 720. The second kappa shape index (κ2) is 6.86. The zero-order valence-electron chi connectivity index (χ0n) is 12.5. The average molecular weight is 356 g/mol. The number of rotatable bonds is 3. The lowest BCUT2D eigenvalue weighted by atomic mass is 10.1. The van der Waals surface area contributed by atoms with Crippen molar-refractivity contribution in [3.8, 4) is 0 Å². The molecule has 2 heterocycles. The fraction of sp³-hybridized carbons (Fsp3) is 0.400. The molecule has 1 atom stereocenters. The van der Waals surface area contributed by atoms with Gasteiger partial charge in [0.05, 0.1) is 29.6 Å². The molecule has 0 unspecified atom stereocenters. The first-order valence-electron chi connectivity index (χ1n) is 7.17. The number of ether oxygens (including phenoxy) is 1. The summed E-state index contributed by atoms with van der Waals surface area (Å²) in [6.45, 7) is 3.23. The number of hydrogen-bond acceptors (Lipinski definition) is 5. The number of aromatic nitrogens is 2. The molecule has 0 bridgehead atoms. The summed E-state index contributed by atoms with van der Waals surface area (Å²) in [5.74, 6) is -0.0304. The maximum Gasteiger partial charge on any atom is 0.228 e. The molecular weight excluding hydrogens is 341 g/mol. The number of hydrogen-bond donors (Lipinski definition) is 0. The van der Waals surface area contributed by atoms with E-state index in [2.05, 4.69) is 14.9 Å². The van der Waals surface area contributed by atoms with E-state index in [9.17, 15) is 4.79 Å². The third-order valence-electron chi connectivity index (χ3n) is 3.80. The van der Waals surface area contributed by atoms with Crippen molar-refractivity contribution in [3.63, 3.8) is 0 Å². The topological polar surface area (TPSA) is 68.5 Å². The van der Waals surface area contributed by atoms with Gasteiger partial charge in [-0.1, -0.05) is 39.6 Å². The predicted molar refractivity (Wildman–Crippen MR) is 84.5 cm³/mol. The molecular formula is C15H15Cl2N3O3. The van der Waals surface area contributed by atoms with Crippen LogP contribution in [0.2, 0.25) is 10.0 Å². The zero-order chi connectivity index (χ0) is 16.4. The fourth-order valence-electron chi connectivity index (χ4n) is 2.46. The molecule has 2 aromatic rings. The van der Waals surface area contributed by atoms with E-state index >= 15 is 0 Å². The molecule has 0 spiro atoms. The highest BCUT2D eigenvalue weighted by molar-refractivity contribution is 6.42. The Morgan fingerprint density at radius 2 is 2.17 bits per heavy atom. The molecule has 6 nitrogen and oxygen atoms in total. The number of benzene rings is 1. The van der Waals surface area contributed by atoms with Gasteiger partial charge in [0, 0.05) is 6.54 Å². The number of amides is 1. The summed E-state index contributed by atoms with van der Waals surface area (Å²) in [6.07, 6.45) is -0.0531. The monoisotopic (exact) mass is 355 g/mol. The lowest BCUT2D eigenvalue weighted by molar-refractivity contribution is -0.138. The minimum absolute atomic E-state index is 0.0304. The van der Waals surface area contributed by atoms with E-state index in [1.54, 1.807) is 24.0 Å². The number of aryl methyl sites for hydroxylation is 1. The largest absolute Gasteiger partial charge is 0.370 e. The predicted octanol–water partition coefficient (Wildman–Crippen LogP) is 2.83. The first-order chi connectivity index (χ1) is 11.0. The van der Waals surface area contributed by atoms with Gasteiger partial charge < -0.3 is 9.64 Å². The molecule has 122 valence electrons. The van der Waals surface area contributed by atoms with Gasteiger partial charge in [-0.3, -0.25) is 4.79 Å². The van der Waals surface area contributed by atoms with Crippen LogP contribution >= 0.6 is 23.2 Å². The van der Waals surface area contributed by atoms with Gasteiger partial charge in [0.1, 0.15) is 17.5 Å². The summed E-state index contributed by atoms with van der Waals surface area (Å²) >= 11 is 12.0. The molecule has 3 rings (SSSR count). The van der Waals surface area contributed by atoms with Crippen molar-refractivity contribution < 1.29 is 14.2 Å². The average Bonchev–Trinajstić information content (AvgIpc) is 2.95. The summed E-state index contributed by atoms with van der Waals surface area (Å²) in [5, 5.41) is 8.41. The highest BCUT2D eigenvalue weighted by Gasteiger charge is 2.26. The van der Waals surface area contributed by atoms with E-state index in [0.717, 1.165) is 5.56 Å². The van der Waals surface area contributed by atoms with Crippen molar-refractivity contribution in [2.45, 2.75) is 19.4 Å².